The Bertz CT molecular complexity index is 557. The van der Waals surface area contributed by atoms with Crippen molar-refractivity contribution in [3.05, 3.63) is 12.2 Å². The molecule has 230 valence electrons. The van der Waals surface area contributed by atoms with E-state index in [4.69, 9.17) is 4.74 Å². The first-order valence-corrected chi connectivity index (χ1v) is 17.1. The van der Waals surface area contributed by atoms with Gasteiger partial charge in [0.05, 0.1) is 18.9 Å². The van der Waals surface area contributed by atoms with Gasteiger partial charge in [0.2, 0.25) is 0 Å². The van der Waals surface area contributed by atoms with Crippen LogP contribution in [0.2, 0.25) is 0 Å². The van der Waals surface area contributed by atoms with Crippen molar-refractivity contribution in [1.82, 2.24) is 0 Å². The molecule has 0 amide bonds. The molecule has 1 N–H and O–H groups in total. The van der Waals surface area contributed by atoms with Gasteiger partial charge >= 0.3 is 11.9 Å². The second kappa shape index (κ2) is 31.2. The maximum absolute atomic E-state index is 11.7. The highest BCUT2D eigenvalue weighted by Gasteiger charge is 2.21. The van der Waals surface area contributed by atoms with E-state index in [9.17, 15) is 14.7 Å². The zero-order valence-corrected chi connectivity index (χ0v) is 26.2. The molecule has 4 nitrogen and oxygen atoms in total. The lowest BCUT2D eigenvalue weighted by atomic mass is 9.97. The fourth-order valence-electron chi connectivity index (χ4n) is 5.19. The molecular weight excluding hydrogens is 484 g/mol. The molecule has 39 heavy (non-hydrogen) atoms. The average Bonchev–Trinajstić information content (AvgIpc) is 2.93. The van der Waals surface area contributed by atoms with Gasteiger partial charge in [-0.3, -0.25) is 9.59 Å². The van der Waals surface area contributed by atoms with Gasteiger partial charge in [0, 0.05) is 0 Å². The Morgan fingerprint density at radius 1 is 0.564 bits per heavy atom. The molecule has 0 rings (SSSR count). The van der Waals surface area contributed by atoms with Gasteiger partial charge < -0.3 is 9.84 Å². The van der Waals surface area contributed by atoms with Crippen molar-refractivity contribution in [1.29, 1.82) is 0 Å². The molecule has 4 heteroatoms. The van der Waals surface area contributed by atoms with Gasteiger partial charge in [-0.15, -0.1) is 0 Å². The molecule has 1 unspecified atom stereocenters. The van der Waals surface area contributed by atoms with Crippen molar-refractivity contribution in [3.63, 3.8) is 0 Å². The smallest absolute Gasteiger partial charge is 0.307 e. The predicted molar refractivity (Wildman–Crippen MR) is 167 cm³/mol. The highest BCUT2D eigenvalue weighted by Crippen LogP contribution is 2.18. The van der Waals surface area contributed by atoms with Crippen molar-refractivity contribution in [2.24, 2.45) is 5.92 Å². The normalized spacial score (nSPS) is 12.3. The molecule has 0 aliphatic heterocycles. The summed E-state index contributed by atoms with van der Waals surface area (Å²) in [5.41, 5.74) is 0. The van der Waals surface area contributed by atoms with Gasteiger partial charge in [0.1, 0.15) is 0 Å². The van der Waals surface area contributed by atoms with Crippen LogP contribution in [0.4, 0.5) is 0 Å². The van der Waals surface area contributed by atoms with Crippen LogP contribution < -0.4 is 0 Å². The van der Waals surface area contributed by atoms with E-state index in [2.05, 4.69) is 19.1 Å². The monoisotopic (exact) mass is 550 g/mol. The van der Waals surface area contributed by atoms with Crippen LogP contribution in [0.5, 0.6) is 0 Å². The van der Waals surface area contributed by atoms with E-state index < -0.39 is 11.9 Å². The summed E-state index contributed by atoms with van der Waals surface area (Å²) < 4.78 is 5.03. The number of allylic oxidation sites excluding steroid dienone is 2. The first-order chi connectivity index (χ1) is 19.1. The number of carboxylic acid groups (broad SMARTS) is 1. The van der Waals surface area contributed by atoms with E-state index in [-0.39, 0.29) is 12.4 Å². The van der Waals surface area contributed by atoms with E-state index in [1.165, 1.54) is 135 Å². The van der Waals surface area contributed by atoms with Gasteiger partial charge in [0.25, 0.3) is 0 Å². The Kier molecular flexibility index (Phi) is 30.2. The fraction of sp³-hybridized carbons (Fsp3) is 0.886. The molecule has 1 atom stereocenters. The van der Waals surface area contributed by atoms with Crippen LogP contribution in [0.25, 0.3) is 0 Å². The van der Waals surface area contributed by atoms with Crippen LogP contribution in [0.15, 0.2) is 12.2 Å². The Hall–Kier alpha value is -1.32. The summed E-state index contributed by atoms with van der Waals surface area (Å²) in [7, 11) is 0. The SMILES string of the molecule is CCCCCCCCCCCCCCC/C=C/CCCCCCCCCCCC(CC(=O)OCCC)C(=O)O. The highest BCUT2D eigenvalue weighted by atomic mass is 16.5. The summed E-state index contributed by atoms with van der Waals surface area (Å²) >= 11 is 0. The van der Waals surface area contributed by atoms with Crippen molar-refractivity contribution >= 4 is 11.9 Å². The number of esters is 1. The van der Waals surface area contributed by atoms with Crippen molar-refractivity contribution < 1.29 is 19.4 Å². The van der Waals surface area contributed by atoms with Gasteiger partial charge in [-0.05, 0) is 38.5 Å². The van der Waals surface area contributed by atoms with Crippen LogP contribution in [-0.4, -0.2) is 23.7 Å². The second-order valence-electron chi connectivity index (χ2n) is 11.7. The lowest BCUT2D eigenvalue weighted by molar-refractivity contribution is -0.151. The molecule has 0 fully saturated rings. The third kappa shape index (κ3) is 29.5. The number of carbonyl (C=O) groups is 2. The molecule has 0 spiro atoms. The standard InChI is InChI=1S/C35H66O4/c1-3-5-6-7-8-9-10-11-12-13-14-15-16-17-18-19-20-21-22-23-24-25-26-27-28-29-30-33(35(37)38)32-34(36)39-31-4-2/h18-19,33H,3-17,20-32H2,1-2H3,(H,37,38)/b19-18+. The van der Waals surface area contributed by atoms with Crippen LogP contribution in [0.3, 0.4) is 0 Å². The summed E-state index contributed by atoms with van der Waals surface area (Å²) in [5.74, 6) is -1.86. The lowest BCUT2D eigenvalue weighted by Crippen LogP contribution is -2.19. The molecule has 0 heterocycles. The number of unbranched alkanes of at least 4 members (excludes halogenated alkanes) is 22. The summed E-state index contributed by atoms with van der Waals surface area (Å²) in [4.78, 5) is 23.0. The minimum absolute atomic E-state index is 0.00393. The average molecular weight is 551 g/mol. The third-order valence-electron chi connectivity index (χ3n) is 7.79. The lowest BCUT2D eigenvalue weighted by Gasteiger charge is -2.11. The van der Waals surface area contributed by atoms with E-state index in [0.29, 0.717) is 13.0 Å². The second-order valence-corrected chi connectivity index (χ2v) is 11.7. The van der Waals surface area contributed by atoms with E-state index in [0.717, 1.165) is 25.7 Å². The fourth-order valence-corrected chi connectivity index (χ4v) is 5.19. The summed E-state index contributed by atoms with van der Waals surface area (Å²) in [6.07, 6.45) is 38.0. The first kappa shape index (κ1) is 37.7. The molecule has 0 aromatic carbocycles. The van der Waals surface area contributed by atoms with Crippen LogP contribution in [-0.2, 0) is 14.3 Å². The van der Waals surface area contributed by atoms with Gasteiger partial charge in [0.15, 0.2) is 0 Å². The maximum Gasteiger partial charge on any atom is 0.307 e. The quantitative estimate of drug-likeness (QED) is 0.0529. The molecule has 0 aliphatic carbocycles. The maximum atomic E-state index is 11.7. The number of hydrogen-bond donors (Lipinski definition) is 1. The number of carboxylic acids is 1. The summed E-state index contributed by atoms with van der Waals surface area (Å²) in [6, 6.07) is 0. The summed E-state index contributed by atoms with van der Waals surface area (Å²) in [6.45, 7) is 4.60. The number of carbonyl (C=O) groups excluding carboxylic acids is 1. The summed E-state index contributed by atoms with van der Waals surface area (Å²) in [5, 5.41) is 9.33. The Labute approximate surface area is 243 Å². The van der Waals surface area contributed by atoms with Crippen molar-refractivity contribution in [2.75, 3.05) is 6.61 Å². The molecule has 0 bridgehead atoms. The van der Waals surface area contributed by atoms with E-state index >= 15 is 0 Å². The Morgan fingerprint density at radius 2 is 0.949 bits per heavy atom. The molecule has 0 radical (unpaired) electrons. The highest BCUT2D eigenvalue weighted by molar-refractivity contribution is 5.78. The topological polar surface area (TPSA) is 63.6 Å². The van der Waals surface area contributed by atoms with Gasteiger partial charge in [-0.1, -0.05) is 154 Å². The van der Waals surface area contributed by atoms with E-state index in [1.807, 2.05) is 6.92 Å². The largest absolute Gasteiger partial charge is 0.481 e. The molecule has 0 aromatic heterocycles. The van der Waals surface area contributed by atoms with Crippen LogP contribution >= 0.6 is 0 Å². The number of ether oxygens (including phenoxy) is 1. The van der Waals surface area contributed by atoms with E-state index in [1.54, 1.807) is 0 Å². The number of aliphatic carboxylic acids is 1. The molecular formula is C35H66O4. The Balaban J connectivity index is 3.34. The number of hydrogen-bond acceptors (Lipinski definition) is 3. The van der Waals surface area contributed by atoms with Gasteiger partial charge in [-0.2, -0.15) is 0 Å². The number of rotatable bonds is 31. The first-order valence-electron chi connectivity index (χ1n) is 17.1. The van der Waals surface area contributed by atoms with Gasteiger partial charge in [-0.25, -0.2) is 0 Å². The zero-order valence-electron chi connectivity index (χ0n) is 26.2. The molecule has 0 aromatic rings. The minimum Gasteiger partial charge on any atom is -0.481 e. The van der Waals surface area contributed by atoms with Crippen LogP contribution in [0, 0.1) is 5.92 Å². The van der Waals surface area contributed by atoms with Crippen molar-refractivity contribution in [2.45, 2.75) is 187 Å². The zero-order chi connectivity index (χ0) is 28.7. The minimum atomic E-state index is -0.877. The predicted octanol–water partition coefficient (Wildman–Crippen LogP) is 11.4. The molecule has 0 saturated heterocycles. The molecule has 0 aliphatic rings. The van der Waals surface area contributed by atoms with Crippen LogP contribution in [0.1, 0.15) is 187 Å². The third-order valence-corrected chi connectivity index (χ3v) is 7.79. The molecule has 0 saturated carbocycles. The Morgan fingerprint density at radius 3 is 1.33 bits per heavy atom. The van der Waals surface area contributed by atoms with Crippen molar-refractivity contribution in [3.8, 4) is 0 Å².